The van der Waals surface area contributed by atoms with Gasteiger partial charge in [0.05, 0.1) is 6.61 Å². The van der Waals surface area contributed by atoms with Gasteiger partial charge in [0.1, 0.15) is 6.33 Å². The summed E-state index contributed by atoms with van der Waals surface area (Å²) in [5, 5.41) is 0. The van der Waals surface area contributed by atoms with Gasteiger partial charge in [-0.25, -0.2) is 14.8 Å². The Morgan fingerprint density at radius 3 is 2.83 bits per heavy atom. The minimum Gasteiger partial charge on any atom is -0.450 e. The van der Waals surface area contributed by atoms with Crippen molar-refractivity contribution < 1.29 is 9.53 Å². The first-order valence-electron chi connectivity index (χ1n) is 8.69. The maximum Gasteiger partial charge on any atom is 0.409 e. The minimum atomic E-state index is -0.163. The second kappa shape index (κ2) is 7.73. The van der Waals surface area contributed by atoms with Gasteiger partial charge in [-0.2, -0.15) is 0 Å². The van der Waals surface area contributed by atoms with E-state index in [0.29, 0.717) is 18.6 Å². The molecule has 1 aromatic heterocycles. The fourth-order valence-corrected chi connectivity index (χ4v) is 3.75. The number of ether oxygens (including phenoxy) is 1. The highest BCUT2D eigenvalue weighted by Gasteiger charge is 2.31. The largest absolute Gasteiger partial charge is 0.450 e. The summed E-state index contributed by atoms with van der Waals surface area (Å²) in [6.07, 6.45) is 7.81. The molecule has 6 nitrogen and oxygen atoms in total. The second-order valence-electron chi connectivity index (χ2n) is 6.39. The van der Waals surface area contributed by atoms with Crippen LogP contribution in [0.15, 0.2) is 18.6 Å². The quantitative estimate of drug-likeness (QED) is 0.856. The molecule has 2 aliphatic rings. The van der Waals surface area contributed by atoms with E-state index in [9.17, 15) is 4.79 Å². The predicted octanol–water partition coefficient (Wildman–Crippen LogP) is 2.28. The number of rotatable bonds is 3. The van der Waals surface area contributed by atoms with Crippen molar-refractivity contribution in [1.29, 1.82) is 0 Å². The van der Waals surface area contributed by atoms with Crippen molar-refractivity contribution in [2.24, 2.45) is 0 Å². The molecular weight excluding hydrogens is 292 g/mol. The number of amides is 1. The van der Waals surface area contributed by atoms with Crippen LogP contribution in [0.4, 0.5) is 4.79 Å². The van der Waals surface area contributed by atoms with Gasteiger partial charge in [-0.05, 0) is 45.2 Å². The van der Waals surface area contributed by atoms with E-state index in [1.54, 1.807) is 6.33 Å². The topological polar surface area (TPSA) is 58.6 Å². The summed E-state index contributed by atoms with van der Waals surface area (Å²) in [7, 11) is 0. The first-order chi connectivity index (χ1) is 11.3. The van der Waals surface area contributed by atoms with E-state index >= 15 is 0 Å². The summed E-state index contributed by atoms with van der Waals surface area (Å²) in [5.74, 6) is 0.509. The van der Waals surface area contributed by atoms with Crippen molar-refractivity contribution in [3.63, 3.8) is 0 Å². The van der Waals surface area contributed by atoms with Gasteiger partial charge in [0.15, 0.2) is 0 Å². The Labute approximate surface area is 137 Å². The SMILES string of the molecule is CCOC(=O)N1CCC(N2CCC[C@H](c3ccncn3)C2)CC1. The van der Waals surface area contributed by atoms with Crippen molar-refractivity contribution in [3.8, 4) is 0 Å². The van der Waals surface area contributed by atoms with Gasteiger partial charge >= 0.3 is 6.09 Å². The van der Waals surface area contributed by atoms with Gasteiger partial charge in [0, 0.05) is 43.5 Å². The summed E-state index contributed by atoms with van der Waals surface area (Å²) in [4.78, 5) is 24.7. The normalized spacial score (nSPS) is 23.7. The smallest absolute Gasteiger partial charge is 0.409 e. The average Bonchev–Trinajstić information content (AvgIpc) is 2.63. The number of carbonyl (C=O) groups is 1. The van der Waals surface area contributed by atoms with Crippen LogP contribution in [0, 0.1) is 0 Å². The van der Waals surface area contributed by atoms with Crippen LogP contribution in [0.25, 0.3) is 0 Å². The van der Waals surface area contributed by atoms with E-state index in [1.807, 2.05) is 24.1 Å². The van der Waals surface area contributed by atoms with Crippen LogP contribution in [0.3, 0.4) is 0 Å². The maximum atomic E-state index is 11.8. The molecule has 6 heteroatoms. The Bertz CT molecular complexity index is 503. The lowest BCUT2D eigenvalue weighted by molar-refractivity contribution is 0.0648. The Morgan fingerprint density at radius 2 is 2.13 bits per heavy atom. The van der Waals surface area contributed by atoms with Crippen LogP contribution in [-0.2, 0) is 4.74 Å². The molecule has 0 bridgehead atoms. The molecule has 0 radical (unpaired) electrons. The van der Waals surface area contributed by atoms with Gasteiger partial charge in [0.2, 0.25) is 0 Å². The first kappa shape index (κ1) is 16.2. The molecule has 0 unspecified atom stereocenters. The number of carbonyl (C=O) groups excluding carboxylic acids is 1. The molecule has 126 valence electrons. The summed E-state index contributed by atoms with van der Waals surface area (Å²) in [5.41, 5.74) is 1.16. The molecule has 0 spiro atoms. The van der Waals surface area contributed by atoms with Crippen molar-refractivity contribution in [1.82, 2.24) is 19.8 Å². The Kier molecular flexibility index (Phi) is 5.43. The molecule has 2 aliphatic heterocycles. The lowest BCUT2D eigenvalue weighted by atomic mass is 9.91. The van der Waals surface area contributed by atoms with E-state index in [1.165, 1.54) is 12.8 Å². The molecule has 3 heterocycles. The molecule has 2 saturated heterocycles. The van der Waals surface area contributed by atoms with Crippen molar-refractivity contribution in [3.05, 3.63) is 24.3 Å². The van der Waals surface area contributed by atoms with Gasteiger partial charge in [-0.3, -0.25) is 4.90 Å². The van der Waals surface area contributed by atoms with Crippen molar-refractivity contribution in [2.75, 3.05) is 32.8 Å². The van der Waals surface area contributed by atoms with Crippen LogP contribution in [0.2, 0.25) is 0 Å². The number of likely N-dealkylation sites (tertiary alicyclic amines) is 2. The number of aromatic nitrogens is 2. The Balaban J connectivity index is 1.53. The standard InChI is InChI=1S/C17H26N4O2/c1-2-23-17(22)20-10-6-15(7-11-20)21-9-3-4-14(12-21)16-5-8-18-13-19-16/h5,8,13-15H,2-4,6-7,9-12H2,1H3/t14-/m0/s1. The van der Waals surface area contributed by atoms with Crippen LogP contribution in [0.1, 0.15) is 44.2 Å². The zero-order chi connectivity index (χ0) is 16.1. The zero-order valence-electron chi connectivity index (χ0n) is 13.9. The second-order valence-corrected chi connectivity index (χ2v) is 6.39. The fourth-order valence-electron chi connectivity index (χ4n) is 3.75. The molecule has 2 fully saturated rings. The molecule has 1 amide bonds. The minimum absolute atomic E-state index is 0.163. The third-order valence-corrected chi connectivity index (χ3v) is 4.98. The first-order valence-corrected chi connectivity index (χ1v) is 8.69. The Hall–Kier alpha value is -1.69. The van der Waals surface area contributed by atoms with Gasteiger partial charge in [0.25, 0.3) is 0 Å². The molecule has 23 heavy (non-hydrogen) atoms. The highest BCUT2D eigenvalue weighted by Crippen LogP contribution is 2.29. The van der Waals surface area contributed by atoms with Gasteiger partial charge in [-0.1, -0.05) is 0 Å². The maximum absolute atomic E-state index is 11.8. The van der Waals surface area contributed by atoms with Crippen LogP contribution >= 0.6 is 0 Å². The van der Waals surface area contributed by atoms with Crippen molar-refractivity contribution >= 4 is 6.09 Å². The number of nitrogens with zero attached hydrogens (tertiary/aromatic N) is 4. The Morgan fingerprint density at radius 1 is 1.30 bits per heavy atom. The van der Waals surface area contributed by atoms with Gasteiger partial charge < -0.3 is 9.64 Å². The van der Waals surface area contributed by atoms with E-state index in [-0.39, 0.29) is 6.09 Å². The van der Waals surface area contributed by atoms with E-state index < -0.39 is 0 Å². The number of hydrogen-bond acceptors (Lipinski definition) is 5. The summed E-state index contributed by atoms with van der Waals surface area (Å²) >= 11 is 0. The summed E-state index contributed by atoms with van der Waals surface area (Å²) in [6.45, 7) is 6.14. The summed E-state index contributed by atoms with van der Waals surface area (Å²) < 4.78 is 5.10. The third kappa shape index (κ3) is 3.99. The van der Waals surface area contributed by atoms with Crippen LogP contribution in [-0.4, -0.2) is 64.7 Å². The predicted molar refractivity (Wildman–Crippen MR) is 87.2 cm³/mol. The molecule has 0 aliphatic carbocycles. The van der Waals surface area contributed by atoms with Crippen LogP contribution in [0.5, 0.6) is 0 Å². The highest BCUT2D eigenvalue weighted by atomic mass is 16.6. The van der Waals surface area contributed by atoms with E-state index in [4.69, 9.17) is 4.74 Å². The zero-order valence-corrected chi connectivity index (χ0v) is 13.9. The van der Waals surface area contributed by atoms with Crippen molar-refractivity contribution in [2.45, 2.75) is 44.6 Å². The molecule has 0 N–H and O–H groups in total. The molecule has 0 saturated carbocycles. The highest BCUT2D eigenvalue weighted by molar-refractivity contribution is 5.67. The average molecular weight is 318 g/mol. The third-order valence-electron chi connectivity index (χ3n) is 4.98. The molecule has 1 aromatic rings. The van der Waals surface area contributed by atoms with E-state index in [0.717, 1.165) is 44.7 Å². The summed E-state index contributed by atoms with van der Waals surface area (Å²) in [6, 6.07) is 2.61. The fraction of sp³-hybridized carbons (Fsp3) is 0.706. The van der Waals surface area contributed by atoms with E-state index in [2.05, 4.69) is 14.9 Å². The monoisotopic (exact) mass is 318 g/mol. The number of piperidine rings is 2. The van der Waals surface area contributed by atoms with Gasteiger partial charge in [-0.15, -0.1) is 0 Å². The molecule has 3 rings (SSSR count). The lowest BCUT2D eigenvalue weighted by Crippen LogP contribution is -2.49. The van der Waals surface area contributed by atoms with Crippen LogP contribution < -0.4 is 0 Å². The number of hydrogen-bond donors (Lipinski definition) is 0. The lowest BCUT2D eigenvalue weighted by Gasteiger charge is -2.41. The molecule has 1 atom stereocenters. The molecule has 0 aromatic carbocycles. The molecular formula is C17H26N4O2.